The predicted octanol–water partition coefficient (Wildman–Crippen LogP) is 4.15. The van der Waals surface area contributed by atoms with Crippen LogP contribution in [-0.4, -0.2) is 28.2 Å². The first-order valence-corrected chi connectivity index (χ1v) is 8.20. The Morgan fingerprint density at radius 3 is 2.96 bits per heavy atom. The molecule has 0 spiro atoms. The van der Waals surface area contributed by atoms with Crippen molar-refractivity contribution in [2.45, 2.75) is 26.2 Å². The number of rotatable bonds is 2. The van der Waals surface area contributed by atoms with E-state index in [0.29, 0.717) is 29.6 Å². The maximum absolute atomic E-state index is 13.8. The summed E-state index contributed by atoms with van der Waals surface area (Å²) < 4.78 is 27.1. The molecule has 1 aliphatic rings. The SMILES string of the molecule is CC(=O)N1CCCCC1=Nc1nc(-c2cccc(F)c2F)cs1. The van der Waals surface area contributed by atoms with Crippen LogP contribution in [0.4, 0.5) is 13.9 Å². The second kappa shape index (κ2) is 6.54. The molecular weight excluding hydrogens is 320 g/mol. The quantitative estimate of drug-likeness (QED) is 0.827. The third-order valence-corrected chi connectivity index (χ3v) is 4.40. The van der Waals surface area contributed by atoms with Crippen LogP contribution in [0.5, 0.6) is 0 Å². The van der Waals surface area contributed by atoms with E-state index in [1.165, 1.54) is 30.4 Å². The van der Waals surface area contributed by atoms with Crippen LogP contribution in [0.3, 0.4) is 0 Å². The summed E-state index contributed by atoms with van der Waals surface area (Å²) in [5, 5.41) is 2.07. The van der Waals surface area contributed by atoms with Crippen LogP contribution in [0.1, 0.15) is 26.2 Å². The molecule has 0 N–H and O–H groups in total. The summed E-state index contributed by atoms with van der Waals surface area (Å²) in [5.74, 6) is -1.18. The number of likely N-dealkylation sites (tertiary alicyclic amines) is 1. The van der Waals surface area contributed by atoms with Gasteiger partial charge in [0.25, 0.3) is 0 Å². The number of hydrogen-bond acceptors (Lipinski definition) is 4. The number of hydrogen-bond donors (Lipinski definition) is 0. The lowest BCUT2D eigenvalue weighted by Crippen LogP contribution is -2.38. The van der Waals surface area contributed by atoms with E-state index in [4.69, 9.17) is 0 Å². The Bertz CT molecular complexity index is 772. The monoisotopic (exact) mass is 335 g/mol. The minimum Gasteiger partial charge on any atom is -0.300 e. The highest BCUT2D eigenvalue weighted by Gasteiger charge is 2.20. The number of carbonyl (C=O) groups excluding carboxylic acids is 1. The molecule has 0 bridgehead atoms. The maximum Gasteiger partial charge on any atom is 0.224 e. The van der Waals surface area contributed by atoms with E-state index in [0.717, 1.165) is 18.9 Å². The van der Waals surface area contributed by atoms with Crippen LogP contribution in [0, 0.1) is 11.6 Å². The molecule has 3 rings (SSSR count). The zero-order valence-corrected chi connectivity index (χ0v) is 13.4. The minimum atomic E-state index is -0.917. The number of amidine groups is 1. The molecule has 1 saturated heterocycles. The topological polar surface area (TPSA) is 45.6 Å². The molecule has 0 saturated carbocycles. The van der Waals surface area contributed by atoms with Gasteiger partial charge < -0.3 is 4.90 Å². The van der Waals surface area contributed by atoms with E-state index >= 15 is 0 Å². The van der Waals surface area contributed by atoms with Crippen LogP contribution in [0.25, 0.3) is 11.3 Å². The summed E-state index contributed by atoms with van der Waals surface area (Å²) in [6.45, 7) is 2.17. The fourth-order valence-corrected chi connectivity index (χ4v) is 3.23. The van der Waals surface area contributed by atoms with Crippen LogP contribution in [0.15, 0.2) is 28.6 Å². The summed E-state index contributed by atoms with van der Waals surface area (Å²) in [7, 11) is 0. The van der Waals surface area contributed by atoms with Gasteiger partial charge in [0.1, 0.15) is 5.84 Å². The van der Waals surface area contributed by atoms with Gasteiger partial charge in [-0.05, 0) is 25.0 Å². The third-order valence-electron chi connectivity index (χ3n) is 3.67. The van der Waals surface area contributed by atoms with Gasteiger partial charge in [0, 0.05) is 30.8 Å². The molecule has 0 unspecified atom stereocenters. The molecule has 0 radical (unpaired) electrons. The lowest BCUT2D eigenvalue weighted by molar-refractivity contribution is -0.125. The Kier molecular flexibility index (Phi) is 4.47. The lowest BCUT2D eigenvalue weighted by atomic mass is 10.1. The van der Waals surface area contributed by atoms with Crippen molar-refractivity contribution in [3.8, 4) is 11.3 Å². The predicted molar refractivity (Wildman–Crippen MR) is 85.8 cm³/mol. The number of aliphatic imine (C=N–C) groups is 1. The molecule has 1 aromatic carbocycles. The van der Waals surface area contributed by atoms with Gasteiger partial charge in [-0.1, -0.05) is 6.07 Å². The zero-order valence-electron chi connectivity index (χ0n) is 12.6. The minimum absolute atomic E-state index is 0.0450. The van der Waals surface area contributed by atoms with Crippen molar-refractivity contribution in [2.24, 2.45) is 4.99 Å². The highest BCUT2D eigenvalue weighted by atomic mass is 32.1. The molecule has 23 heavy (non-hydrogen) atoms. The Balaban J connectivity index is 1.91. The summed E-state index contributed by atoms with van der Waals surface area (Å²) in [6, 6.07) is 3.99. The molecule has 1 fully saturated rings. The molecule has 1 amide bonds. The number of benzene rings is 1. The second-order valence-electron chi connectivity index (χ2n) is 5.27. The van der Waals surface area contributed by atoms with Crippen molar-refractivity contribution < 1.29 is 13.6 Å². The molecule has 1 aliphatic heterocycles. The van der Waals surface area contributed by atoms with Gasteiger partial charge in [-0.3, -0.25) is 4.79 Å². The summed E-state index contributed by atoms with van der Waals surface area (Å²) in [4.78, 5) is 22.0. The first-order chi connectivity index (χ1) is 11.1. The van der Waals surface area contributed by atoms with Gasteiger partial charge in [0.15, 0.2) is 11.6 Å². The van der Waals surface area contributed by atoms with Crippen molar-refractivity contribution >= 4 is 28.2 Å². The van der Waals surface area contributed by atoms with E-state index in [9.17, 15) is 13.6 Å². The number of halogens is 2. The average Bonchev–Trinajstić information content (AvgIpc) is 2.98. The molecule has 1 aromatic heterocycles. The first kappa shape index (κ1) is 15.7. The van der Waals surface area contributed by atoms with Gasteiger partial charge in [-0.2, -0.15) is 0 Å². The van der Waals surface area contributed by atoms with Gasteiger partial charge in [0.05, 0.1) is 5.69 Å². The highest BCUT2D eigenvalue weighted by Crippen LogP contribution is 2.30. The number of nitrogens with zero attached hydrogens (tertiary/aromatic N) is 3. The van der Waals surface area contributed by atoms with Gasteiger partial charge in [0.2, 0.25) is 11.0 Å². The highest BCUT2D eigenvalue weighted by molar-refractivity contribution is 7.13. The third kappa shape index (κ3) is 3.29. The molecule has 2 aromatic rings. The van der Waals surface area contributed by atoms with Crippen LogP contribution < -0.4 is 0 Å². The molecule has 7 heteroatoms. The normalized spacial score (nSPS) is 16.8. The van der Waals surface area contributed by atoms with Gasteiger partial charge >= 0.3 is 0 Å². The molecule has 120 valence electrons. The Morgan fingerprint density at radius 2 is 2.17 bits per heavy atom. The summed E-state index contributed by atoms with van der Waals surface area (Å²) in [5.41, 5.74) is 0.455. The zero-order chi connectivity index (χ0) is 16.4. The van der Waals surface area contributed by atoms with Crippen LogP contribution in [-0.2, 0) is 4.79 Å². The molecule has 0 aliphatic carbocycles. The molecule has 0 atom stereocenters. The summed E-state index contributed by atoms with van der Waals surface area (Å²) >= 11 is 1.24. The van der Waals surface area contributed by atoms with Crippen LogP contribution in [0.2, 0.25) is 0 Å². The number of thiazole rings is 1. The fraction of sp³-hybridized carbons (Fsp3) is 0.312. The van der Waals surface area contributed by atoms with E-state index < -0.39 is 11.6 Å². The smallest absolute Gasteiger partial charge is 0.224 e. The van der Waals surface area contributed by atoms with Crippen molar-refractivity contribution in [2.75, 3.05) is 6.54 Å². The average molecular weight is 335 g/mol. The van der Waals surface area contributed by atoms with Crippen molar-refractivity contribution in [1.29, 1.82) is 0 Å². The van der Waals surface area contributed by atoms with Gasteiger partial charge in [-0.15, -0.1) is 11.3 Å². The second-order valence-corrected chi connectivity index (χ2v) is 6.11. The Hall–Kier alpha value is -2.15. The van der Waals surface area contributed by atoms with Crippen LogP contribution >= 0.6 is 11.3 Å². The van der Waals surface area contributed by atoms with E-state index in [2.05, 4.69) is 9.98 Å². The molecule has 2 heterocycles. The van der Waals surface area contributed by atoms with Gasteiger partial charge in [-0.25, -0.2) is 18.8 Å². The largest absolute Gasteiger partial charge is 0.300 e. The van der Waals surface area contributed by atoms with E-state index in [-0.39, 0.29) is 11.5 Å². The fourth-order valence-electron chi connectivity index (χ4n) is 2.52. The van der Waals surface area contributed by atoms with E-state index in [1.54, 1.807) is 10.3 Å². The standard InChI is InChI=1S/C16H15F2N3OS/c1-10(22)21-8-3-2-7-14(21)20-16-19-13(9-23-16)11-5-4-6-12(17)15(11)18/h4-6,9H,2-3,7-8H2,1H3. The Morgan fingerprint density at radius 1 is 1.35 bits per heavy atom. The van der Waals surface area contributed by atoms with E-state index in [1.807, 2.05) is 0 Å². The Labute approximate surface area is 136 Å². The molecular formula is C16H15F2N3OS. The number of piperidine rings is 1. The van der Waals surface area contributed by atoms with Crippen molar-refractivity contribution in [3.63, 3.8) is 0 Å². The lowest BCUT2D eigenvalue weighted by Gasteiger charge is -2.26. The van der Waals surface area contributed by atoms with Crippen molar-refractivity contribution in [1.82, 2.24) is 9.88 Å². The first-order valence-electron chi connectivity index (χ1n) is 7.32. The number of amides is 1. The summed E-state index contributed by atoms with van der Waals surface area (Å²) in [6.07, 6.45) is 2.64. The number of carbonyl (C=O) groups is 1. The molecule has 4 nitrogen and oxygen atoms in total. The number of aromatic nitrogens is 1. The maximum atomic E-state index is 13.8. The van der Waals surface area contributed by atoms with Crippen molar-refractivity contribution in [3.05, 3.63) is 35.2 Å².